The molecule has 4 aliphatic carbocycles. The van der Waals surface area contributed by atoms with Crippen molar-refractivity contribution in [2.24, 2.45) is 11.8 Å². The minimum Gasteiger partial charge on any atom is -0.364 e. The topological polar surface area (TPSA) is 71.8 Å². The number of aromatic nitrogens is 5. The standard InChI is InChI=1S/C22H31N7/c1-2-18-8-19(26-20(25-18)28-5-3-4-6-28)27-21-9-16-7-17(10-21)12-22(11-16,13-21)29-15-23-14-24-29/h8,14-17H,2-7,9-13H2,1H3,(H,25,26,27). The highest BCUT2D eigenvalue weighted by molar-refractivity contribution is 5.47. The highest BCUT2D eigenvalue weighted by Gasteiger charge is 2.59. The number of rotatable bonds is 5. The predicted molar refractivity (Wildman–Crippen MR) is 112 cm³/mol. The van der Waals surface area contributed by atoms with Crippen LogP contribution in [0.1, 0.15) is 64.0 Å². The number of hydrogen-bond donors (Lipinski definition) is 1. The van der Waals surface area contributed by atoms with Gasteiger partial charge in [-0.1, -0.05) is 6.92 Å². The third-order valence-electron chi connectivity index (χ3n) is 7.85. The summed E-state index contributed by atoms with van der Waals surface area (Å²) in [4.78, 5) is 16.4. The lowest BCUT2D eigenvalue weighted by Crippen LogP contribution is -2.62. The molecular weight excluding hydrogens is 362 g/mol. The first-order valence-electron chi connectivity index (χ1n) is 11.4. The minimum absolute atomic E-state index is 0.123. The summed E-state index contributed by atoms with van der Waals surface area (Å²) in [5, 5.41) is 8.56. The third-order valence-corrected chi connectivity index (χ3v) is 7.85. The van der Waals surface area contributed by atoms with E-state index in [0.717, 1.165) is 55.2 Å². The van der Waals surface area contributed by atoms with Crippen LogP contribution in [0.15, 0.2) is 18.7 Å². The van der Waals surface area contributed by atoms with E-state index in [1.54, 1.807) is 6.33 Å². The van der Waals surface area contributed by atoms with Gasteiger partial charge in [-0.2, -0.15) is 10.1 Å². The SMILES string of the molecule is CCc1cc(NC23CC4CC(C2)CC(n2cncn2)(C4)C3)nc(N2CCCC2)n1. The highest BCUT2D eigenvalue weighted by Crippen LogP contribution is 2.61. The Bertz CT molecular complexity index is 873. The summed E-state index contributed by atoms with van der Waals surface area (Å²) in [5.74, 6) is 3.49. The van der Waals surface area contributed by atoms with Crippen LogP contribution in [0.3, 0.4) is 0 Å². The van der Waals surface area contributed by atoms with Crippen LogP contribution in [-0.2, 0) is 12.0 Å². The lowest BCUT2D eigenvalue weighted by Gasteiger charge is -2.62. The van der Waals surface area contributed by atoms with E-state index in [2.05, 4.69) is 38.0 Å². The fraction of sp³-hybridized carbons (Fsp3) is 0.727. The van der Waals surface area contributed by atoms with Crippen molar-refractivity contribution in [2.45, 2.75) is 75.8 Å². The minimum atomic E-state index is 0.123. The predicted octanol–water partition coefficient (Wildman–Crippen LogP) is 3.39. The molecule has 2 aromatic heterocycles. The Kier molecular flexibility index (Phi) is 3.90. The second-order valence-electron chi connectivity index (χ2n) is 10.0. The van der Waals surface area contributed by atoms with Gasteiger partial charge in [0.2, 0.25) is 5.95 Å². The van der Waals surface area contributed by atoms with Crippen LogP contribution >= 0.6 is 0 Å². The first-order chi connectivity index (χ1) is 14.2. The number of aryl methyl sites for hydroxylation is 1. The maximum absolute atomic E-state index is 4.99. The van der Waals surface area contributed by atoms with E-state index in [1.807, 2.05) is 6.33 Å². The Hall–Kier alpha value is -2.18. The van der Waals surface area contributed by atoms with E-state index in [0.29, 0.717) is 0 Å². The van der Waals surface area contributed by atoms with Crippen molar-refractivity contribution >= 4 is 11.8 Å². The van der Waals surface area contributed by atoms with Crippen molar-refractivity contribution in [1.29, 1.82) is 0 Å². The number of hydrogen-bond acceptors (Lipinski definition) is 6. The van der Waals surface area contributed by atoms with Gasteiger partial charge in [0.25, 0.3) is 0 Å². The van der Waals surface area contributed by atoms with Gasteiger partial charge in [0.15, 0.2) is 0 Å². The zero-order valence-corrected chi connectivity index (χ0v) is 17.3. The summed E-state index contributed by atoms with van der Waals surface area (Å²) in [7, 11) is 0. The quantitative estimate of drug-likeness (QED) is 0.840. The van der Waals surface area contributed by atoms with E-state index in [4.69, 9.17) is 9.97 Å². The smallest absolute Gasteiger partial charge is 0.227 e. The van der Waals surface area contributed by atoms with Gasteiger partial charge in [0, 0.05) is 30.4 Å². The largest absolute Gasteiger partial charge is 0.364 e. The Labute approximate surface area is 172 Å². The monoisotopic (exact) mass is 393 g/mol. The van der Waals surface area contributed by atoms with Crippen LogP contribution in [-0.4, -0.2) is 43.4 Å². The molecule has 29 heavy (non-hydrogen) atoms. The van der Waals surface area contributed by atoms with Gasteiger partial charge in [0.05, 0.1) is 5.54 Å². The molecule has 3 heterocycles. The normalized spacial score (nSPS) is 35.4. The summed E-state index contributed by atoms with van der Waals surface area (Å²) < 4.78 is 2.17. The van der Waals surface area contributed by atoms with Crippen molar-refractivity contribution in [2.75, 3.05) is 23.3 Å². The molecule has 2 unspecified atom stereocenters. The van der Waals surface area contributed by atoms with E-state index in [-0.39, 0.29) is 11.1 Å². The Balaban J connectivity index is 1.33. The summed E-state index contributed by atoms with van der Waals surface area (Å²) in [6.07, 6.45) is 14.6. The zero-order valence-electron chi connectivity index (χ0n) is 17.3. The van der Waals surface area contributed by atoms with E-state index in [9.17, 15) is 0 Å². The molecule has 7 rings (SSSR count). The van der Waals surface area contributed by atoms with Gasteiger partial charge in [-0.15, -0.1) is 0 Å². The van der Waals surface area contributed by atoms with Crippen LogP contribution in [0.25, 0.3) is 0 Å². The number of nitrogens with one attached hydrogen (secondary N) is 1. The lowest BCUT2D eigenvalue weighted by atomic mass is 9.50. The third kappa shape index (κ3) is 2.92. The molecule has 0 radical (unpaired) electrons. The van der Waals surface area contributed by atoms with Gasteiger partial charge >= 0.3 is 0 Å². The van der Waals surface area contributed by atoms with Crippen LogP contribution < -0.4 is 10.2 Å². The molecule has 0 spiro atoms. The van der Waals surface area contributed by atoms with Gasteiger partial charge in [-0.05, 0) is 69.6 Å². The molecule has 2 aromatic rings. The Morgan fingerprint density at radius 3 is 2.59 bits per heavy atom. The molecule has 1 aliphatic heterocycles. The van der Waals surface area contributed by atoms with E-state index < -0.39 is 0 Å². The fourth-order valence-electron chi connectivity index (χ4n) is 7.14. The molecule has 2 atom stereocenters. The molecule has 1 saturated heterocycles. The van der Waals surface area contributed by atoms with Crippen LogP contribution in [0.4, 0.5) is 11.8 Å². The van der Waals surface area contributed by atoms with Crippen molar-refractivity contribution < 1.29 is 0 Å². The first-order valence-corrected chi connectivity index (χ1v) is 11.4. The molecule has 7 heteroatoms. The molecule has 0 amide bonds. The first kappa shape index (κ1) is 17.7. The average Bonchev–Trinajstić information content (AvgIpc) is 3.40. The van der Waals surface area contributed by atoms with Crippen molar-refractivity contribution in [3.63, 3.8) is 0 Å². The van der Waals surface area contributed by atoms with E-state index >= 15 is 0 Å². The Morgan fingerprint density at radius 2 is 1.90 bits per heavy atom. The average molecular weight is 394 g/mol. The molecule has 5 aliphatic rings. The van der Waals surface area contributed by atoms with E-state index in [1.165, 1.54) is 44.9 Å². The number of anilines is 2. The molecule has 7 nitrogen and oxygen atoms in total. The molecule has 154 valence electrons. The molecule has 0 aromatic carbocycles. The van der Waals surface area contributed by atoms with Crippen LogP contribution in [0.2, 0.25) is 0 Å². The fourth-order valence-corrected chi connectivity index (χ4v) is 7.14. The van der Waals surface area contributed by atoms with Crippen molar-refractivity contribution in [3.8, 4) is 0 Å². The van der Waals surface area contributed by atoms with Crippen LogP contribution in [0, 0.1) is 11.8 Å². The van der Waals surface area contributed by atoms with Crippen molar-refractivity contribution in [1.82, 2.24) is 24.7 Å². The summed E-state index contributed by atoms with van der Waals surface area (Å²) in [5.41, 5.74) is 1.39. The molecule has 4 saturated carbocycles. The highest BCUT2D eigenvalue weighted by atomic mass is 15.4. The molecule has 1 N–H and O–H groups in total. The maximum atomic E-state index is 4.99. The van der Waals surface area contributed by atoms with Gasteiger partial charge < -0.3 is 10.2 Å². The summed E-state index contributed by atoms with van der Waals surface area (Å²) in [6, 6.07) is 2.18. The second kappa shape index (κ2) is 6.41. The molecular formula is C22H31N7. The number of nitrogens with zero attached hydrogens (tertiary/aromatic N) is 6. The zero-order chi connectivity index (χ0) is 19.5. The van der Waals surface area contributed by atoms with Gasteiger partial charge in [0.1, 0.15) is 18.5 Å². The lowest BCUT2D eigenvalue weighted by molar-refractivity contribution is -0.0558. The summed E-state index contributed by atoms with van der Waals surface area (Å²) in [6.45, 7) is 4.35. The summed E-state index contributed by atoms with van der Waals surface area (Å²) >= 11 is 0. The van der Waals surface area contributed by atoms with Gasteiger partial charge in [-0.3, -0.25) is 0 Å². The molecule has 4 bridgehead atoms. The molecule has 5 fully saturated rings. The van der Waals surface area contributed by atoms with Crippen molar-refractivity contribution in [3.05, 3.63) is 24.4 Å². The van der Waals surface area contributed by atoms with Crippen LogP contribution in [0.5, 0.6) is 0 Å². The Morgan fingerprint density at radius 1 is 1.10 bits per heavy atom. The van der Waals surface area contributed by atoms with Gasteiger partial charge in [-0.25, -0.2) is 14.6 Å². The second-order valence-corrected chi connectivity index (χ2v) is 10.0. The maximum Gasteiger partial charge on any atom is 0.227 e.